The quantitative estimate of drug-likeness (QED) is 0.735. The number of nitrogens with one attached hydrogen (secondary N) is 1. The molecule has 102 valence electrons. The number of likely N-dealkylation sites (tertiary alicyclic amines) is 1. The molecule has 0 saturated carbocycles. The van der Waals surface area contributed by atoms with E-state index in [0.29, 0.717) is 0 Å². The van der Waals surface area contributed by atoms with E-state index in [-0.39, 0.29) is 0 Å². The number of hydrogen-bond acceptors (Lipinski definition) is 2. The Balaban J connectivity index is 2.17. The van der Waals surface area contributed by atoms with Crippen LogP contribution in [0, 0.1) is 5.92 Å². The van der Waals surface area contributed by atoms with Crippen molar-refractivity contribution in [3.63, 3.8) is 0 Å². The first-order valence-corrected chi connectivity index (χ1v) is 7.61. The zero-order valence-corrected chi connectivity index (χ0v) is 12.3. The van der Waals surface area contributed by atoms with Crippen molar-refractivity contribution in [1.82, 2.24) is 10.2 Å². The second-order valence-electron chi connectivity index (χ2n) is 6.08. The van der Waals surface area contributed by atoms with Crippen LogP contribution in [0.2, 0.25) is 0 Å². The standard InChI is InChI=1S/C15H32N2/c1-5-10-16-15-8-11-17(12-9-15)14(4)7-6-13(2)3/h13-16H,5-12H2,1-4H3. The molecule has 0 bridgehead atoms. The molecule has 0 spiro atoms. The Morgan fingerprint density at radius 2 is 1.76 bits per heavy atom. The first-order valence-electron chi connectivity index (χ1n) is 7.61. The van der Waals surface area contributed by atoms with E-state index < -0.39 is 0 Å². The molecule has 1 atom stereocenters. The van der Waals surface area contributed by atoms with Gasteiger partial charge in [-0.15, -0.1) is 0 Å². The Kier molecular flexibility index (Phi) is 7.14. The fourth-order valence-electron chi connectivity index (χ4n) is 2.65. The van der Waals surface area contributed by atoms with E-state index in [1.54, 1.807) is 0 Å². The summed E-state index contributed by atoms with van der Waals surface area (Å²) in [6.07, 6.45) is 6.67. The number of rotatable bonds is 7. The van der Waals surface area contributed by atoms with E-state index in [9.17, 15) is 0 Å². The van der Waals surface area contributed by atoms with E-state index in [0.717, 1.165) is 18.0 Å². The second-order valence-corrected chi connectivity index (χ2v) is 6.08. The highest BCUT2D eigenvalue weighted by molar-refractivity contribution is 4.80. The van der Waals surface area contributed by atoms with Crippen LogP contribution in [0.3, 0.4) is 0 Å². The molecule has 1 aliphatic heterocycles. The van der Waals surface area contributed by atoms with E-state index >= 15 is 0 Å². The van der Waals surface area contributed by atoms with Gasteiger partial charge < -0.3 is 10.2 Å². The van der Waals surface area contributed by atoms with Crippen LogP contribution in [0.1, 0.15) is 59.8 Å². The molecule has 2 nitrogen and oxygen atoms in total. The number of nitrogens with zero attached hydrogens (tertiary/aromatic N) is 1. The van der Waals surface area contributed by atoms with Gasteiger partial charge in [-0.1, -0.05) is 20.8 Å². The molecule has 0 aromatic carbocycles. The Bertz CT molecular complexity index is 183. The maximum Gasteiger partial charge on any atom is 0.00914 e. The molecule has 0 amide bonds. The minimum Gasteiger partial charge on any atom is -0.314 e. The van der Waals surface area contributed by atoms with Crippen molar-refractivity contribution in [2.45, 2.75) is 71.9 Å². The van der Waals surface area contributed by atoms with Crippen molar-refractivity contribution in [3.05, 3.63) is 0 Å². The third kappa shape index (κ3) is 5.87. The lowest BCUT2D eigenvalue weighted by atomic mass is 9.99. The van der Waals surface area contributed by atoms with Crippen LogP contribution in [0.25, 0.3) is 0 Å². The highest BCUT2D eigenvalue weighted by Gasteiger charge is 2.21. The van der Waals surface area contributed by atoms with Crippen molar-refractivity contribution in [2.24, 2.45) is 5.92 Å². The molecule has 0 aromatic heterocycles. The molecule has 1 heterocycles. The Labute approximate surface area is 108 Å². The highest BCUT2D eigenvalue weighted by atomic mass is 15.2. The normalized spacial score (nSPS) is 21.0. The number of hydrogen-bond donors (Lipinski definition) is 1. The summed E-state index contributed by atoms with van der Waals surface area (Å²) in [6.45, 7) is 13.1. The van der Waals surface area contributed by atoms with Crippen LogP contribution >= 0.6 is 0 Å². The fraction of sp³-hybridized carbons (Fsp3) is 1.00. The molecule has 1 fully saturated rings. The van der Waals surface area contributed by atoms with Crippen molar-refractivity contribution >= 4 is 0 Å². The van der Waals surface area contributed by atoms with Crippen molar-refractivity contribution in [1.29, 1.82) is 0 Å². The highest BCUT2D eigenvalue weighted by Crippen LogP contribution is 2.17. The first kappa shape index (κ1) is 15.0. The maximum absolute atomic E-state index is 3.65. The van der Waals surface area contributed by atoms with Crippen molar-refractivity contribution < 1.29 is 0 Å². The summed E-state index contributed by atoms with van der Waals surface area (Å²) >= 11 is 0. The molecule has 2 heteroatoms. The van der Waals surface area contributed by atoms with Gasteiger partial charge in [0.2, 0.25) is 0 Å². The largest absolute Gasteiger partial charge is 0.314 e. The van der Waals surface area contributed by atoms with Crippen molar-refractivity contribution in [3.8, 4) is 0 Å². The van der Waals surface area contributed by atoms with Gasteiger partial charge in [0.25, 0.3) is 0 Å². The van der Waals surface area contributed by atoms with Crippen LogP contribution in [0.4, 0.5) is 0 Å². The molecule has 0 aromatic rings. The monoisotopic (exact) mass is 240 g/mol. The SMILES string of the molecule is CCCNC1CCN(C(C)CCC(C)C)CC1. The van der Waals surface area contributed by atoms with Gasteiger partial charge in [0, 0.05) is 12.1 Å². The zero-order valence-electron chi connectivity index (χ0n) is 12.3. The molecular weight excluding hydrogens is 208 g/mol. The van der Waals surface area contributed by atoms with Gasteiger partial charge >= 0.3 is 0 Å². The minimum atomic E-state index is 0.781. The zero-order chi connectivity index (χ0) is 12.7. The second kappa shape index (κ2) is 8.10. The summed E-state index contributed by atoms with van der Waals surface area (Å²) in [7, 11) is 0. The minimum absolute atomic E-state index is 0.781. The van der Waals surface area contributed by atoms with Gasteiger partial charge in [0.05, 0.1) is 0 Å². The molecule has 1 N–H and O–H groups in total. The summed E-state index contributed by atoms with van der Waals surface area (Å²) < 4.78 is 0. The third-order valence-electron chi connectivity index (χ3n) is 4.00. The number of piperidine rings is 1. The van der Waals surface area contributed by atoms with Crippen LogP contribution in [0.5, 0.6) is 0 Å². The van der Waals surface area contributed by atoms with Crippen molar-refractivity contribution in [2.75, 3.05) is 19.6 Å². The molecule has 17 heavy (non-hydrogen) atoms. The summed E-state index contributed by atoms with van der Waals surface area (Å²) in [5.41, 5.74) is 0. The summed E-state index contributed by atoms with van der Waals surface area (Å²) in [4.78, 5) is 2.69. The molecule has 1 rings (SSSR count). The van der Waals surface area contributed by atoms with Gasteiger partial charge in [-0.05, 0) is 64.6 Å². The average molecular weight is 240 g/mol. The molecule has 1 aliphatic rings. The van der Waals surface area contributed by atoms with Crippen LogP contribution < -0.4 is 5.32 Å². The summed E-state index contributed by atoms with van der Waals surface area (Å²) in [5.74, 6) is 0.848. The average Bonchev–Trinajstić information content (AvgIpc) is 2.34. The lowest BCUT2D eigenvalue weighted by Crippen LogP contribution is -2.46. The van der Waals surface area contributed by atoms with Gasteiger partial charge in [0.15, 0.2) is 0 Å². The predicted octanol–water partition coefficient (Wildman–Crippen LogP) is 3.28. The smallest absolute Gasteiger partial charge is 0.00914 e. The van der Waals surface area contributed by atoms with E-state index in [1.807, 2.05) is 0 Å². The van der Waals surface area contributed by atoms with E-state index in [4.69, 9.17) is 0 Å². The first-order chi connectivity index (χ1) is 8.13. The molecule has 0 radical (unpaired) electrons. The van der Waals surface area contributed by atoms with Gasteiger partial charge in [-0.3, -0.25) is 0 Å². The van der Waals surface area contributed by atoms with Gasteiger partial charge in [0.1, 0.15) is 0 Å². The summed E-state index contributed by atoms with van der Waals surface area (Å²) in [5, 5.41) is 3.65. The molecule has 0 aliphatic carbocycles. The summed E-state index contributed by atoms with van der Waals surface area (Å²) in [6, 6.07) is 1.56. The lowest BCUT2D eigenvalue weighted by Gasteiger charge is -2.36. The van der Waals surface area contributed by atoms with E-state index in [2.05, 4.69) is 37.9 Å². The predicted molar refractivity (Wildman–Crippen MR) is 76.4 cm³/mol. The molecule has 1 unspecified atom stereocenters. The molecule has 1 saturated heterocycles. The topological polar surface area (TPSA) is 15.3 Å². The van der Waals surface area contributed by atoms with Gasteiger partial charge in [-0.25, -0.2) is 0 Å². The Hall–Kier alpha value is -0.0800. The maximum atomic E-state index is 3.65. The Morgan fingerprint density at radius 3 is 2.29 bits per heavy atom. The van der Waals surface area contributed by atoms with Crippen LogP contribution in [-0.4, -0.2) is 36.6 Å². The van der Waals surface area contributed by atoms with Crippen LogP contribution in [0.15, 0.2) is 0 Å². The van der Waals surface area contributed by atoms with E-state index in [1.165, 1.54) is 51.7 Å². The fourth-order valence-corrected chi connectivity index (χ4v) is 2.65. The third-order valence-corrected chi connectivity index (χ3v) is 4.00. The van der Waals surface area contributed by atoms with Crippen LogP contribution in [-0.2, 0) is 0 Å². The lowest BCUT2D eigenvalue weighted by molar-refractivity contribution is 0.142. The Morgan fingerprint density at radius 1 is 1.12 bits per heavy atom. The molecular formula is C15H32N2. The van der Waals surface area contributed by atoms with Gasteiger partial charge in [-0.2, -0.15) is 0 Å².